The van der Waals surface area contributed by atoms with Crippen LogP contribution in [-0.4, -0.2) is 32.1 Å². The Morgan fingerprint density at radius 3 is 2.55 bits per heavy atom. The van der Waals surface area contributed by atoms with Gasteiger partial charge in [-0.2, -0.15) is 0 Å². The molecule has 0 atom stereocenters. The smallest absolute Gasteiger partial charge is 0.251 e. The van der Waals surface area contributed by atoms with E-state index in [9.17, 15) is 0 Å². The second-order valence-electron chi connectivity index (χ2n) is 5.88. The highest BCUT2D eigenvalue weighted by molar-refractivity contribution is 5.66. The number of rotatable bonds is 1. The minimum absolute atomic E-state index is 0.386. The zero-order chi connectivity index (χ0) is 13.4. The number of nitrogens with zero attached hydrogens (tertiary/aromatic N) is 1. The van der Waals surface area contributed by atoms with Gasteiger partial charge in [0.1, 0.15) is 0 Å². The largest absolute Gasteiger partial charge is 0.448 e. The molecule has 1 spiro atoms. The molecule has 1 saturated carbocycles. The van der Waals surface area contributed by atoms with E-state index in [4.69, 9.17) is 14.2 Å². The molecular weight excluding hydrogens is 254 g/mol. The van der Waals surface area contributed by atoms with Crippen LogP contribution in [0.4, 0.5) is 5.69 Å². The van der Waals surface area contributed by atoms with Gasteiger partial charge in [0.15, 0.2) is 11.5 Å². The molecule has 0 unspecified atom stereocenters. The van der Waals surface area contributed by atoms with E-state index in [-0.39, 0.29) is 5.79 Å². The number of para-hydroxylation sites is 1. The maximum Gasteiger partial charge on any atom is 0.251 e. The van der Waals surface area contributed by atoms with Gasteiger partial charge >= 0.3 is 0 Å². The molecule has 2 heterocycles. The quantitative estimate of drug-likeness (QED) is 0.788. The van der Waals surface area contributed by atoms with Gasteiger partial charge in [-0.3, -0.25) is 0 Å². The molecule has 0 aromatic heterocycles. The number of hydrogen-bond acceptors (Lipinski definition) is 4. The van der Waals surface area contributed by atoms with Crippen molar-refractivity contribution in [3.8, 4) is 11.5 Å². The molecule has 2 fully saturated rings. The summed E-state index contributed by atoms with van der Waals surface area (Å²) in [4.78, 5) is 2.34. The lowest BCUT2D eigenvalue weighted by atomic mass is 9.94. The van der Waals surface area contributed by atoms with E-state index < -0.39 is 0 Å². The lowest BCUT2D eigenvalue weighted by Crippen LogP contribution is -2.40. The summed E-state index contributed by atoms with van der Waals surface area (Å²) in [5.74, 6) is 1.47. The monoisotopic (exact) mass is 275 g/mol. The molecule has 3 aliphatic rings. The number of anilines is 1. The summed E-state index contributed by atoms with van der Waals surface area (Å²) in [7, 11) is 0. The molecule has 4 nitrogen and oxygen atoms in total. The summed E-state index contributed by atoms with van der Waals surface area (Å²) >= 11 is 0. The van der Waals surface area contributed by atoms with E-state index in [1.54, 1.807) is 0 Å². The fourth-order valence-electron chi connectivity index (χ4n) is 3.44. The lowest BCUT2D eigenvalue weighted by Gasteiger charge is -2.32. The number of benzene rings is 1. The van der Waals surface area contributed by atoms with Crippen LogP contribution in [-0.2, 0) is 4.74 Å². The zero-order valence-electron chi connectivity index (χ0n) is 11.8. The maximum atomic E-state index is 6.32. The van der Waals surface area contributed by atoms with Gasteiger partial charge in [0.2, 0.25) is 0 Å². The Balaban J connectivity index is 1.63. The molecule has 0 amide bonds. The number of fused-ring (bicyclic) bond motifs is 1. The van der Waals surface area contributed by atoms with E-state index in [1.807, 2.05) is 6.07 Å². The van der Waals surface area contributed by atoms with Crippen molar-refractivity contribution in [2.24, 2.45) is 0 Å². The van der Waals surface area contributed by atoms with E-state index in [1.165, 1.54) is 19.3 Å². The van der Waals surface area contributed by atoms with Gasteiger partial charge in [0.05, 0.1) is 18.9 Å². The Bertz CT molecular complexity index is 490. The predicted octanol–water partition coefficient (Wildman–Crippen LogP) is 2.95. The molecule has 1 aromatic carbocycles. The minimum atomic E-state index is -0.386. The van der Waals surface area contributed by atoms with Gasteiger partial charge in [-0.1, -0.05) is 12.5 Å². The number of morpholine rings is 1. The topological polar surface area (TPSA) is 30.9 Å². The van der Waals surface area contributed by atoms with Crippen molar-refractivity contribution in [1.29, 1.82) is 0 Å². The van der Waals surface area contributed by atoms with Crippen molar-refractivity contribution < 1.29 is 14.2 Å². The summed E-state index contributed by atoms with van der Waals surface area (Å²) < 4.78 is 17.9. The van der Waals surface area contributed by atoms with Crippen LogP contribution in [0.25, 0.3) is 0 Å². The summed E-state index contributed by atoms with van der Waals surface area (Å²) in [6, 6.07) is 6.23. The molecular formula is C16H21NO3. The normalized spacial score (nSPS) is 24.1. The van der Waals surface area contributed by atoms with Gasteiger partial charge in [-0.15, -0.1) is 0 Å². The molecule has 2 aliphatic heterocycles. The first kappa shape index (κ1) is 12.3. The SMILES string of the molecule is c1cc2c(c(N3CCOCC3)c1)OC1(CCCCC1)O2. The predicted molar refractivity (Wildman–Crippen MR) is 76.5 cm³/mol. The van der Waals surface area contributed by atoms with Crippen LogP contribution in [0.2, 0.25) is 0 Å². The highest BCUT2D eigenvalue weighted by Gasteiger charge is 2.43. The first-order chi connectivity index (χ1) is 9.86. The van der Waals surface area contributed by atoms with Gasteiger partial charge in [-0.25, -0.2) is 0 Å². The third-order valence-electron chi connectivity index (χ3n) is 4.51. The van der Waals surface area contributed by atoms with Crippen LogP contribution in [0.3, 0.4) is 0 Å². The second-order valence-corrected chi connectivity index (χ2v) is 5.88. The first-order valence-electron chi connectivity index (χ1n) is 7.70. The minimum Gasteiger partial charge on any atom is -0.448 e. The molecule has 1 aromatic rings. The van der Waals surface area contributed by atoms with Crippen molar-refractivity contribution >= 4 is 5.69 Å². The Morgan fingerprint density at radius 2 is 1.75 bits per heavy atom. The van der Waals surface area contributed by atoms with Crippen molar-refractivity contribution in [2.75, 3.05) is 31.2 Å². The zero-order valence-corrected chi connectivity index (χ0v) is 11.8. The molecule has 0 N–H and O–H groups in total. The Kier molecular flexibility index (Phi) is 2.99. The van der Waals surface area contributed by atoms with E-state index in [0.717, 1.165) is 56.3 Å². The molecule has 20 heavy (non-hydrogen) atoms. The van der Waals surface area contributed by atoms with Gasteiger partial charge in [-0.05, 0) is 25.0 Å². The second kappa shape index (κ2) is 4.85. The van der Waals surface area contributed by atoms with Crippen molar-refractivity contribution in [2.45, 2.75) is 37.9 Å². The first-order valence-corrected chi connectivity index (χ1v) is 7.70. The van der Waals surface area contributed by atoms with Gasteiger partial charge in [0, 0.05) is 25.9 Å². The van der Waals surface area contributed by atoms with Crippen LogP contribution < -0.4 is 14.4 Å². The summed E-state index contributed by atoms with van der Waals surface area (Å²) in [5.41, 5.74) is 1.16. The molecule has 4 rings (SSSR count). The van der Waals surface area contributed by atoms with E-state index in [2.05, 4.69) is 17.0 Å². The van der Waals surface area contributed by atoms with Gasteiger partial charge in [0.25, 0.3) is 5.79 Å². The highest BCUT2D eigenvalue weighted by atomic mass is 16.7. The van der Waals surface area contributed by atoms with Crippen LogP contribution in [0.15, 0.2) is 18.2 Å². The standard InChI is InChI=1S/C16H21NO3/c1-2-7-16(8-3-1)19-14-6-4-5-13(15(14)20-16)17-9-11-18-12-10-17/h4-6H,1-3,7-12H2. The molecule has 0 bridgehead atoms. The van der Waals surface area contributed by atoms with Crippen molar-refractivity contribution in [3.63, 3.8) is 0 Å². The maximum absolute atomic E-state index is 6.32. The average molecular weight is 275 g/mol. The number of ether oxygens (including phenoxy) is 3. The number of hydrogen-bond donors (Lipinski definition) is 0. The Morgan fingerprint density at radius 1 is 0.950 bits per heavy atom. The average Bonchev–Trinajstić information content (AvgIpc) is 2.86. The summed E-state index contributed by atoms with van der Waals surface area (Å²) in [6.45, 7) is 3.42. The third-order valence-corrected chi connectivity index (χ3v) is 4.51. The molecule has 4 heteroatoms. The van der Waals surface area contributed by atoms with Crippen LogP contribution in [0.5, 0.6) is 11.5 Å². The molecule has 108 valence electrons. The van der Waals surface area contributed by atoms with Crippen molar-refractivity contribution in [3.05, 3.63) is 18.2 Å². The van der Waals surface area contributed by atoms with Crippen LogP contribution in [0, 0.1) is 0 Å². The lowest BCUT2D eigenvalue weighted by molar-refractivity contribution is -0.105. The van der Waals surface area contributed by atoms with Crippen LogP contribution in [0.1, 0.15) is 32.1 Å². The fraction of sp³-hybridized carbons (Fsp3) is 0.625. The Hall–Kier alpha value is -1.42. The summed E-state index contributed by atoms with van der Waals surface area (Å²) in [5, 5.41) is 0. The third kappa shape index (κ3) is 2.03. The van der Waals surface area contributed by atoms with Crippen molar-refractivity contribution in [1.82, 2.24) is 0 Å². The van der Waals surface area contributed by atoms with Crippen LogP contribution >= 0.6 is 0 Å². The fourth-order valence-corrected chi connectivity index (χ4v) is 3.44. The summed E-state index contributed by atoms with van der Waals surface area (Å²) in [6.07, 6.45) is 5.69. The highest BCUT2D eigenvalue weighted by Crippen LogP contribution is 2.50. The molecule has 0 radical (unpaired) electrons. The van der Waals surface area contributed by atoms with E-state index >= 15 is 0 Å². The molecule has 1 saturated heterocycles. The Labute approximate surface area is 119 Å². The van der Waals surface area contributed by atoms with Gasteiger partial charge < -0.3 is 19.1 Å². The molecule has 1 aliphatic carbocycles. The van der Waals surface area contributed by atoms with E-state index in [0.29, 0.717) is 0 Å².